The van der Waals surface area contributed by atoms with Crippen molar-refractivity contribution in [3.05, 3.63) is 35.6 Å². The second kappa shape index (κ2) is 6.40. The van der Waals surface area contributed by atoms with Gasteiger partial charge in [-0.25, -0.2) is 9.18 Å². The van der Waals surface area contributed by atoms with Gasteiger partial charge in [0.05, 0.1) is 6.07 Å². The molecule has 0 saturated heterocycles. The third-order valence-electron chi connectivity index (χ3n) is 1.97. The third-order valence-corrected chi connectivity index (χ3v) is 1.97. The van der Waals surface area contributed by atoms with Crippen molar-refractivity contribution >= 4 is 6.03 Å². The lowest BCUT2D eigenvalue weighted by atomic mass is 10.1. The third kappa shape index (κ3) is 3.96. The number of hydrogen-bond donors (Lipinski definition) is 2. The van der Waals surface area contributed by atoms with Gasteiger partial charge in [-0.1, -0.05) is 18.2 Å². The zero-order valence-electron chi connectivity index (χ0n) is 8.66. The van der Waals surface area contributed by atoms with Gasteiger partial charge >= 0.3 is 6.03 Å². The Kier molecular flexibility index (Phi) is 4.80. The number of rotatable bonds is 4. The molecule has 1 aromatic carbocycles. The molecule has 1 aromatic rings. The lowest BCUT2D eigenvalue weighted by Crippen LogP contribution is -2.36. The van der Waals surface area contributed by atoms with Gasteiger partial charge in [0, 0.05) is 6.54 Å². The molecule has 1 rings (SSSR count). The maximum Gasteiger partial charge on any atom is 0.315 e. The number of carbonyl (C=O) groups excluding carboxylic acids is 1. The highest BCUT2D eigenvalue weighted by atomic mass is 19.1. The van der Waals surface area contributed by atoms with Crippen LogP contribution < -0.4 is 10.6 Å². The molecule has 4 nitrogen and oxygen atoms in total. The summed E-state index contributed by atoms with van der Waals surface area (Å²) in [6.07, 6.45) is 0.423. The topological polar surface area (TPSA) is 64.9 Å². The lowest BCUT2D eigenvalue weighted by Gasteiger charge is -2.05. The Morgan fingerprint density at radius 2 is 2.12 bits per heavy atom. The van der Waals surface area contributed by atoms with Crippen LogP contribution in [0.5, 0.6) is 0 Å². The van der Waals surface area contributed by atoms with Crippen LogP contribution in [-0.2, 0) is 6.42 Å². The summed E-state index contributed by atoms with van der Waals surface area (Å²) in [7, 11) is 0. The fraction of sp³-hybridized carbons (Fsp3) is 0.273. The van der Waals surface area contributed by atoms with Crippen molar-refractivity contribution in [2.75, 3.05) is 13.1 Å². The summed E-state index contributed by atoms with van der Waals surface area (Å²) in [6.45, 7) is 0.295. The number of carbonyl (C=O) groups is 1. The Morgan fingerprint density at radius 3 is 2.81 bits per heavy atom. The van der Waals surface area contributed by atoms with E-state index in [9.17, 15) is 9.18 Å². The standard InChI is InChI=1S/C11H12FN3O/c12-10-4-2-1-3-9(10)5-7-14-11(16)15-8-6-13/h1-4H,5,7-8H2,(H2,14,15,16). The molecule has 2 N–H and O–H groups in total. The molecule has 0 saturated carbocycles. The van der Waals surface area contributed by atoms with Crippen LogP contribution in [0.4, 0.5) is 9.18 Å². The predicted octanol–water partition coefficient (Wildman–Crippen LogP) is 1.19. The first-order valence-corrected chi connectivity index (χ1v) is 4.86. The monoisotopic (exact) mass is 221 g/mol. The van der Waals surface area contributed by atoms with E-state index in [0.717, 1.165) is 0 Å². The normalized spacial score (nSPS) is 9.25. The van der Waals surface area contributed by atoms with Crippen molar-refractivity contribution < 1.29 is 9.18 Å². The number of nitrogens with one attached hydrogen (secondary N) is 2. The second-order valence-electron chi connectivity index (χ2n) is 3.11. The highest BCUT2D eigenvalue weighted by Gasteiger charge is 2.01. The minimum Gasteiger partial charge on any atom is -0.338 e. The SMILES string of the molecule is N#CCNC(=O)NCCc1ccccc1F. The van der Waals surface area contributed by atoms with Crippen LogP contribution in [0.25, 0.3) is 0 Å². The van der Waals surface area contributed by atoms with E-state index in [1.165, 1.54) is 6.07 Å². The van der Waals surface area contributed by atoms with E-state index in [2.05, 4.69) is 10.6 Å². The Balaban J connectivity index is 2.29. The number of halogens is 1. The van der Waals surface area contributed by atoms with Gasteiger partial charge in [-0.3, -0.25) is 0 Å². The molecular weight excluding hydrogens is 209 g/mol. The molecule has 0 heterocycles. The molecule has 84 valence electrons. The molecule has 0 spiro atoms. The molecule has 0 bridgehead atoms. The second-order valence-corrected chi connectivity index (χ2v) is 3.11. The molecule has 0 fully saturated rings. The van der Waals surface area contributed by atoms with Gasteiger partial charge in [0.15, 0.2) is 0 Å². The summed E-state index contributed by atoms with van der Waals surface area (Å²) in [5.41, 5.74) is 0.558. The molecule has 2 amide bonds. The van der Waals surface area contributed by atoms with Crippen molar-refractivity contribution in [3.63, 3.8) is 0 Å². The molecular formula is C11H12FN3O. The van der Waals surface area contributed by atoms with Crippen LogP contribution >= 0.6 is 0 Å². The fourth-order valence-electron chi connectivity index (χ4n) is 1.19. The average Bonchev–Trinajstić information content (AvgIpc) is 2.29. The maximum atomic E-state index is 13.1. The Bertz CT molecular complexity index is 400. The number of nitrogens with zero attached hydrogens (tertiary/aromatic N) is 1. The molecule has 0 aliphatic carbocycles. The number of nitriles is 1. The number of benzene rings is 1. The van der Waals surface area contributed by atoms with Gasteiger partial charge in [-0.05, 0) is 18.1 Å². The highest BCUT2D eigenvalue weighted by molar-refractivity contribution is 5.73. The van der Waals surface area contributed by atoms with Crippen LogP contribution in [0.3, 0.4) is 0 Å². The Hall–Kier alpha value is -2.09. The van der Waals surface area contributed by atoms with Crippen LogP contribution in [0.1, 0.15) is 5.56 Å². The minimum atomic E-state index is -0.419. The molecule has 0 radical (unpaired) electrons. The van der Waals surface area contributed by atoms with E-state index in [0.29, 0.717) is 18.5 Å². The van der Waals surface area contributed by atoms with Crippen molar-refractivity contribution in [1.29, 1.82) is 5.26 Å². The predicted molar refractivity (Wildman–Crippen MR) is 57.1 cm³/mol. The van der Waals surface area contributed by atoms with Crippen LogP contribution in [0.2, 0.25) is 0 Å². The molecule has 0 aliphatic rings. The van der Waals surface area contributed by atoms with Gasteiger partial charge in [0.2, 0.25) is 0 Å². The van der Waals surface area contributed by atoms with E-state index in [4.69, 9.17) is 5.26 Å². The van der Waals surface area contributed by atoms with E-state index < -0.39 is 6.03 Å². The molecule has 0 aromatic heterocycles. The van der Waals surface area contributed by atoms with Crippen LogP contribution in [0.15, 0.2) is 24.3 Å². The number of hydrogen-bond acceptors (Lipinski definition) is 2. The first-order chi connectivity index (χ1) is 7.74. The van der Waals surface area contributed by atoms with E-state index >= 15 is 0 Å². The van der Waals surface area contributed by atoms with Crippen molar-refractivity contribution in [2.45, 2.75) is 6.42 Å². The first-order valence-electron chi connectivity index (χ1n) is 4.86. The summed E-state index contributed by atoms with van der Waals surface area (Å²) in [4.78, 5) is 11.0. The van der Waals surface area contributed by atoms with Gasteiger partial charge in [0.1, 0.15) is 12.4 Å². The Morgan fingerprint density at radius 1 is 1.38 bits per heavy atom. The average molecular weight is 221 g/mol. The summed E-state index contributed by atoms with van der Waals surface area (Å²) in [6, 6.07) is 7.78. The zero-order valence-corrected chi connectivity index (χ0v) is 8.66. The molecule has 16 heavy (non-hydrogen) atoms. The molecule has 5 heteroatoms. The minimum absolute atomic E-state index is 0.0362. The quantitative estimate of drug-likeness (QED) is 0.750. The fourth-order valence-corrected chi connectivity index (χ4v) is 1.19. The molecule has 0 atom stereocenters. The Labute approximate surface area is 93.1 Å². The summed E-state index contributed by atoms with van der Waals surface area (Å²) in [5.74, 6) is -0.276. The first kappa shape index (κ1) is 12.0. The van der Waals surface area contributed by atoms with Crippen molar-refractivity contribution in [2.24, 2.45) is 0 Å². The van der Waals surface area contributed by atoms with E-state index in [-0.39, 0.29) is 12.4 Å². The summed E-state index contributed by atoms with van der Waals surface area (Å²) in [5, 5.41) is 13.1. The van der Waals surface area contributed by atoms with Crippen molar-refractivity contribution in [1.82, 2.24) is 10.6 Å². The van der Waals surface area contributed by atoms with Crippen LogP contribution in [-0.4, -0.2) is 19.1 Å². The van der Waals surface area contributed by atoms with Gasteiger partial charge < -0.3 is 10.6 Å². The number of urea groups is 1. The lowest BCUT2D eigenvalue weighted by molar-refractivity contribution is 0.242. The van der Waals surface area contributed by atoms with Crippen LogP contribution in [0, 0.1) is 17.1 Å². The van der Waals surface area contributed by atoms with Crippen molar-refractivity contribution in [3.8, 4) is 6.07 Å². The molecule has 0 aliphatic heterocycles. The summed E-state index contributed by atoms with van der Waals surface area (Å²) >= 11 is 0. The smallest absolute Gasteiger partial charge is 0.315 e. The molecule has 0 unspecified atom stereocenters. The largest absolute Gasteiger partial charge is 0.338 e. The van der Waals surface area contributed by atoms with Gasteiger partial charge in [0.25, 0.3) is 0 Å². The zero-order chi connectivity index (χ0) is 11.8. The highest BCUT2D eigenvalue weighted by Crippen LogP contribution is 2.05. The summed E-state index contributed by atoms with van der Waals surface area (Å²) < 4.78 is 13.1. The van der Waals surface area contributed by atoms with Gasteiger partial charge in [-0.2, -0.15) is 5.26 Å². The number of amides is 2. The van der Waals surface area contributed by atoms with Gasteiger partial charge in [-0.15, -0.1) is 0 Å². The maximum absolute atomic E-state index is 13.1. The van der Waals surface area contributed by atoms with E-state index in [1.807, 2.05) is 0 Å². The van der Waals surface area contributed by atoms with E-state index in [1.54, 1.807) is 24.3 Å².